The minimum absolute atomic E-state index is 0.117. The quantitative estimate of drug-likeness (QED) is 0.481. The third-order valence-corrected chi connectivity index (χ3v) is 6.09. The Kier molecular flexibility index (Phi) is 7.69. The predicted octanol–water partition coefficient (Wildman–Crippen LogP) is 1.38. The molecule has 0 unspecified atom stereocenters. The van der Waals surface area contributed by atoms with Gasteiger partial charge < -0.3 is 25.6 Å². The molecule has 1 saturated heterocycles. The highest BCUT2D eigenvalue weighted by Gasteiger charge is 2.37. The van der Waals surface area contributed by atoms with Crippen molar-refractivity contribution in [1.29, 1.82) is 0 Å². The number of aromatic nitrogens is 3. The van der Waals surface area contributed by atoms with Crippen molar-refractivity contribution in [2.75, 3.05) is 37.9 Å². The Morgan fingerprint density at radius 2 is 1.94 bits per heavy atom. The number of piperazine rings is 1. The first-order valence-electron chi connectivity index (χ1n) is 11.6. The molecular weight excluding hydrogens is 462 g/mol. The number of hydrogen-bond acceptors (Lipinski definition) is 8. The zero-order chi connectivity index (χ0) is 25.7. The second kappa shape index (κ2) is 11.1. The highest BCUT2D eigenvalue weighted by molar-refractivity contribution is 5.90. The minimum Gasteiger partial charge on any atom is -0.383 e. The minimum atomic E-state index is -0.685. The summed E-state index contributed by atoms with van der Waals surface area (Å²) in [5.74, 6) is 0.405. The summed E-state index contributed by atoms with van der Waals surface area (Å²) in [6, 6.07) is 8.50. The molecule has 3 N–H and O–H groups in total. The van der Waals surface area contributed by atoms with E-state index in [9.17, 15) is 14.4 Å². The van der Waals surface area contributed by atoms with Gasteiger partial charge in [-0.1, -0.05) is 12.1 Å². The van der Waals surface area contributed by atoms with Gasteiger partial charge in [-0.05, 0) is 35.7 Å². The number of nitrogen functional groups attached to an aromatic ring is 1. The van der Waals surface area contributed by atoms with Gasteiger partial charge in [-0.25, -0.2) is 15.0 Å². The van der Waals surface area contributed by atoms with E-state index >= 15 is 0 Å². The predicted molar refractivity (Wildman–Crippen MR) is 134 cm³/mol. The monoisotopic (exact) mass is 491 g/mol. The maximum absolute atomic E-state index is 13.3. The normalized spacial score (nSPS) is 15.8. The van der Waals surface area contributed by atoms with Crippen LogP contribution in [0.4, 0.5) is 11.6 Å². The average Bonchev–Trinajstić information content (AvgIpc) is 2.86. The van der Waals surface area contributed by atoms with E-state index in [4.69, 9.17) is 10.5 Å². The molecule has 3 aromatic rings. The SMILES string of the molecule is COC[C@H]1C(=O)N(Cc2ccc3c(N)ncnc3c2)CCN1C(=O)CCc1ccc(NC(C)=O)nc1. The zero-order valence-electron chi connectivity index (χ0n) is 20.3. The largest absolute Gasteiger partial charge is 0.383 e. The Balaban J connectivity index is 1.39. The standard InChI is InChI=1S/C25H29N7O4/c1-16(33)30-22-7-4-17(12-27-22)5-8-23(34)32-10-9-31(25(35)21(32)14-36-2)13-18-3-6-19-20(11-18)28-15-29-24(19)26/h3-4,6-7,11-12,15,21H,5,8-10,13-14H2,1-2H3,(H2,26,28,29)(H,27,30,33)/t21-/m0/s1. The van der Waals surface area contributed by atoms with E-state index in [-0.39, 0.29) is 30.7 Å². The van der Waals surface area contributed by atoms with E-state index < -0.39 is 6.04 Å². The lowest BCUT2D eigenvalue weighted by molar-refractivity contribution is -0.154. The van der Waals surface area contributed by atoms with Gasteiger partial charge >= 0.3 is 0 Å². The van der Waals surface area contributed by atoms with Gasteiger partial charge in [0.1, 0.15) is 24.0 Å². The Hall–Kier alpha value is -4.12. The number of anilines is 2. The van der Waals surface area contributed by atoms with E-state index in [1.54, 1.807) is 22.1 Å². The first-order chi connectivity index (χ1) is 17.4. The number of carbonyl (C=O) groups excluding carboxylic acids is 3. The van der Waals surface area contributed by atoms with Crippen LogP contribution < -0.4 is 11.1 Å². The molecular formula is C25H29N7O4. The van der Waals surface area contributed by atoms with Gasteiger partial charge in [0.15, 0.2) is 0 Å². The number of carbonyl (C=O) groups is 3. The highest BCUT2D eigenvalue weighted by atomic mass is 16.5. The van der Waals surface area contributed by atoms with Crippen molar-refractivity contribution in [3.8, 4) is 0 Å². The van der Waals surface area contributed by atoms with E-state index in [1.165, 1.54) is 20.4 Å². The van der Waals surface area contributed by atoms with Crippen molar-refractivity contribution in [3.05, 3.63) is 54.0 Å². The summed E-state index contributed by atoms with van der Waals surface area (Å²) < 4.78 is 5.29. The fourth-order valence-corrected chi connectivity index (χ4v) is 4.28. The Morgan fingerprint density at radius 1 is 1.14 bits per heavy atom. The second-order valence-corrected chi connectivity index (χ2v) is 8.66. The van der Waals surface area contributed by atoms with E-state index in [0.29, 0.717) is 43.2 Å². The van der Waals surface area contributed by atoms with Crippen molar-refractivity contribution in [1.82, 2.24) is 24.8 Å². The number of amides is 3. The fraction of sp³-hybridized carbons (Fsp3) is 0.360. The van der Waals surface area contributed by atoms with Gasteiger partial charge in [0.25, 0.3) is 0 Å². The molecule has 0 aliphatic carbocycles. The summed E-state index contributed by atoms with van der Waals surface area (Å²) in [6.07, 6.45) is 3.76. The molecule has 1 aliphatic heterocycles. The number of nitrogens with two attached hydrogens (primary N) is 1. The highest BCUT2D eigenvalue weighted by Crippen LogP contribution is 2.21. The maximum Gasteiger partial charge on any atom is 0.248 e. The number of nitrogens with zero attached hydrogens (tertiary/aromatic N) is 5. The average molecular weight is 492 g/mol. The Bertz CT molecular complexity index is 1270. The molecule has 36 heavy (non-hydrogen) atoms. The Morgan fingerprint density at radius 3 is 2.67 bits per heavy atom. The number of hydrogen-bond donors (Lipinski definition) is 2. The van der Waals surface area contributed by atoms with Crippen LogP contribution in [0.1, 0.15) is 24.5 Å². The van der Waals surface area contributed by atoms with Crippen LogP contribution in [0.25, 0.3) is 10.9 Å². The van der Waals surface area contributed by atoms with Crippen LogP contribution >= 0.6 is 0 Å². The summed E-state index contributed by atoms with van der Waals surface area (Å²) in [5.41, 5.74) is 8.41. The number of rotatable bonds is 8. The molecule has 0 bridgehead atoms. The van der Waals surface area contributed by atoms with E-state index in [0.717, 1.165) is 16.5 Å². The fourth-order valence-electron chi connectivity index (χ4n) is 4.28. The second-order valence-electron chi connectivity index (χ2n) is 8.66. The lowest BCUT2D eigenvalue weighted by atomic mass is 10.1. The van der Waals surface area contributed by atoms with Crippen molar-refractivity contribution >= 4 is 40.3 Å². The van der Waals surface area contributed by atoms with E-state index in [1.807, 2.05) is 24.3 Å². The van der Waals surface area contributed by atoms with Crippen LogP contribution in [0.5, 0.6) is 0 Å². The summed E-state index contributed by atoms with van der Waals surface area (Å²) >= 11 is 0. The molecule has 3 amide bonds. The van der Waals surface area contributed by atoms with Crippen LogP contribution in [0, 0.1) is 0 Å². The van der Waals surface area contributed by atoms with Gasteiger partial charge in [0.2, 0.25) is 17.7 Å². The number of pyridine rings is 1. The van der Waals surface area contributed by atoms with E-state index in [2.05, 4.69) is 20.3 Å². The van der Waals surface area contributed by atoms with Gasteiger partial charge in [0, 0.05) is 51.7 Å². The lowest BCUT2D eigenvalue weighted by Gasteiger charge is -2.40. The summed E-state index contributed by atoms with van der Waals surface area (Å²) in [4.78, 5) is 53.3. The Labute approximate surface area is 208 Å². The molecule has 0 radical (unpaired) electrons. The van der Waals surface area contributed by atoms with Crippen molar-refractivity contribution in [2.45, 2.75) is 32.4 Å². The van der Waals surface area contributed by atoms with Gasteiger partial charge in [-0.2, -0.15) is 0 Å². The molecule has 11 heteroatoms. The van der Waals surface area contributed by atoms with Crippen molar-refractivity contribution in [3.63, 3.8) is 0 Å². The van der Waals surface area contributed by atoms with Crippen LogP contribution in [0.3, 0.4) is 0 Å². The number of ether oxygens (including phenoxy) is 1. The number of fused-ring (bicyclic) bond motifs is 1. The molecule has 3 heterocycles. The molecule has 1 aliphatic rings. The lowest BCUT2D eigenvalue weighted by Crippen LogP contribution is -2.60. The molecule has 2 aromatic heterocycles. The van der Waals surface area contributed by atoms with Crippen LogP contribution in [0.2, 0.25) is 0 Å². The zero-order valence-corrected chi connectivity index (χ0v) is 20.3. The number of aryl methyl sites for hydroxylation is 1. The van der Waals surface area contributed by atoms with Crippen LogP contribution in [0.15, 0.2) is 42.9 Å². The topological polar surface area (TPSA) is 144 Å². The molecule has 0 saturated carbocycles. The third-order valence-electron chi connectivity index (χ3n) is 6.09. The summed E-state index contributed by atoms with van der Waals surface area (Å²) in [5, 5.41) is 3.38. The number of benzene rings is 1. The maximum atomic E-state index is 13.3. The molecule has 1 aromatic carbocycles. The third kappa shape index (κ3) is 5.74. The van der Waals surface area contributed by atoms with Gasteiger partial charge in [-0.3, -0.25) is 14.4 Å². The first-order valence-corrected chi connectivity index (χ1v) is 11.6. The van der Waals surface area contributed by atoms with Gasteiger partial charge in [0.05, 0.1) is 12.1 Å². The molecule has 188 valence electrons. The number of nitrogens with one attached hydrogen (secondary N) is 1. The van der Waals surface area contributed by atoms with Crippen molar-refractivity contribution < 1.29 is 19.1 Å². The summed E-state index contributed by atoms with van der Waals surface area (Å²) in [7, 11) is 1.52. The molecule has 11 nitrogen and oxygen atoms in total. The smallest absolute Gasteiger partial charge is 0.248 e. The van der Waals surface area contributed by atoms with Crippen LogP contribution in [-0.4, -0.2) is 75.3 Å². The molecule has 4 rings (SSSR count). The van der Waals surface area contributed by atoms with Crippen molar-refractivity contribution in [2.24, 2.45) is 0 Å². The first kappa shape index (κ1) is 25.0. The molecule has 1 atom stereocenters. The van der Waals surface area contributed by atoms with Crippen LogP contribution in [-0.2, 0) is 32.1 Å². The van der Waals surface area contributed by atoms with Gasteiger partial charge in [-0.15, -0.1) is 0 Å². The summed E-state index contributed by atoms with van der Waals surface area (Å²) in [6.45, 7) is 2.77. The number of methoxy groups -OCH3 is 1. The molecule has 1 fully saturated rings. The molecule has 0 spiro atoms.